The lowest BCUT2D eigenvalue weighted by atomic mass is 10.00. The van der Waals surface area contributed by atoms with Crippen LogP contribution in [0.2, 0.25) is 56.4 Å². The average Bonchev–Trinajstić information content (AvgIpc) is 2.63. The zero-order valence-electron chi connectivity index (χ0n) is 20.5. The van der Waals surface area contributed by atoms with Crippen molar-refractivity contribution in [2.75, 3.05) is 6.61 Å². The molecule has 0 saturated carbocycles. The van der Waals surface area contributed by atoms with E-state index in [1.54, 1.807) is 0 Å². The van der Waals surface area contributed by atoms with Crippen molar-refractivity contribution in [1.29, 1.82) is 0 Å². The second-order valence-electron chi connectivity index (χ2n) is 10.7. The summed E-state index contributed by atoms with van der Waals surface area (Å²) in [7, 11) is -5.26. The van der Waals surface area contributed by atoms with Crippen LogP contribution in [-0.2, 0) is 9.22 Å². The standard InChI is InChI=1S/C18H42O4Si3.C3H4O2/c1-10-16(17(21)15(20)13-19)25(9)12-11-18(3,22-24(25,7)8)14(2)23(4,5)6;1-2-3(4)5/h14-17,19-21H,10-13H2,1-9H3;2H,1H2,(H,4,5). The van der Waals surface area contributed by atoms with Crippen molar-refractivity contribution in [2.45, 2.75) is 108 Å². The van der Waals surface area contributed by atoms with Crippen LogP contribution in [0.1, 0.15) is 33.6 Å². The van der Waals surface area contributed by atoms with Gasteiger partial charge >= 0.3 is 5.97 Å². The first-order valence-electron chi connectivity index (χ1n) is 11.0. The van der Waals surface area contributed by atoms with Crippen molar-refractivity contribution < 1.29 is 29.6 Å². The topological polar surface area (TPSA) is 107 Å². The molecule has 4 N–H and O–H groups in total. The van der Waals surface area contributed by atoms with Crippen molar-refractivity contribution in [3.05, 3.63) is 12.7 Å². The summed E-state index contributed by atoms with van der Waals surface area (Å²) >= 11 is 0. The van der Waals surface area contributed by atoms with Crippen LogP contribution in [-0.4, -0.2) is 74.3 Å². The van der Waals surface area contributed by atoms with Gasteiger partial charge in [-0.25, -0.2) is 4.79 Å². The lowest BCUT2D eigenvalue weighted by Gasteiger charge is -2.58. The Labute approximate surface area is 186 Å². The first kappa shape index (κ1) is 29.7. The Balaban J connectivity index is 0.00000150. The van der Waals surface area contributed by atoms with Crippen molar-refractivity contribution >= 4 is 29.5 Å². The summed E-state index contributed by atoms with van der Waals surface area (Å²) in [6, 6.07) is 1.14. The summed E-state index contributed by atoms with van der Waals surface area (Å²) < 4.78 is 6.99. The molecule has 30 heavy (non-hydrogen) atoms. The van der Waals surface area contributed by atoms with Crippen LogP contribution in [0, 0.1) is 0 Å². The maximum absolute atomic E-state index is 10.7. The number of carbonyl (C=O) groups is 1. The molecule has 9 heteroatoms. The lowest BCUT2D eigenvalue weighted by Crippen LogP contribution is -2.71. The third-order valence-electron chi connectivity index (χ3n) is 7.65. The summed E-state index contributed by atoms with van der Waals surface area (Å²) in [5, 5.41) is 37.6. The molecule has 0 aromatic rings. The van der Waals surface area contributed by atoms with Gasteiger partial charge in [0.15, 0.2) is 7.83 Å². The molecule has 0 amide bonds. The molecule has 1 aliphatic heterocycles. The zero-order valence-corrected chi connectivity index (χ0v) is 23.5. The molecule has 1 fully saturated rings. The summed E-state index contributed by atoms with van der Waals surface area (Å²) in [6.45, 7) is 23.6. The monoisotopic (exact) mass is 478 g/mol. The van der Waals surface area contributed by atoms with E-state index in [2.05, 4.69) is 66.6 Å². The fourth-order valence-corrected chi connectivity index (χ4v) is 20.8. The van der Waals surface area contributed by atoms with Gasteiger partial charge in [0.25, 0.3) is 0 Å². The van der Waals surface area contributed by atoms with Gasteiger partial charge in [0.05, 0.1) is 34.0 Å². The third-order valence-corrected chi connectivity index (χ3v) is 28.7. The molecular weight excluding hydrogens is 432 g/mol. The Morgan fingerprint density at radius 2 is 1.73 bits per heavy atom. The highest BCUT2D eigenvalue weighted by molar-refractivity contribution is 7.39. The number of carboxylic acid groups (broad SMARTS) is 1. The van der Waals surface area contributed by atoms with Crippen LogP contribution in [0.15, 0.2) is 12.7 Å². The number of aliphatic hydroxyl groups is 3. The third kappa shape index (κ3) is 6.85. The fraction of sp³-hybridized carbons (Fsp3) is 0.857. The Bertz CT molecular complexity index is 580. The van der Waals surface area contributed by atoms with Gasteiger partial charge in [-0.1, -0.05) is 59.1 Å². The molecule has 6 unspecified atom stereocenters. The Kier molecular flexibility index (Phi) is 10.9. The number of hydrogen-bond acceptors (Lipinski definition) is 5. The molecular formula is C21H46O6Si3. The SMILES string of the molecule is C=CC(=O)O.CCC(C(O)C(O)CO)[Si]1(C)CCC(C)(C(C)[Si](C)(C)C)O[Si]1(C)C. The first-order chi connectivity index (χ1) is 13.4. The van der Waals surface area contributed by atoms with Crippen LogP contribution in [0.5, 0.6) is 0 Å². The molecule has 0 aliphatic carbocycles. The molecule has 1 saturated heterocycles. The quantitative estimate of drug-likeness (QED) is 0.310. The zero-order chi connectivity index (χ0) is 24.1. The van der Waals surface area contributed by atoms with Crippen LogP contribution in [0.25, 0.3) is 0 Å². The lowest BCUT2D eigenvalue weighted by molar-refractivity contribution is -0.131. The molecule has 6 atom stereocenters. The van der Waals surface area contributed by atoms with E-state index in [9.17, 15) is 20.1 Å². The number of hydrogen-bond donors (Lipinski definition) is 4. The highest BCUT2D eigenvalue weighted by atomic mass is 29.3. The first-order valence-corrected chi connectivity index (χ1v) is 21.2. The molecule has 1 aliphatic rings. The smallest absolute Gasteiger partial charge is 0.327 e. The van der Waals surface area contributed by atoms with Crippen molar-refractivity contribution in [1.82, 2.24) is 0 Å². The van der Waals surface area contributed by atoms with E-state index in [0.29, 0.717) is 5.54 Å². The Morgan fingerprint density at radius 3 is 2.03 bits per heavy atom. The van der Waals surface area contributed by atoms with Gasteiger partial charge in [-0.15, -0.1) is 0 Å². The van der Waals surface area contributed by atoms with E-state index in [0.717, 1.165) is 25.0 Å². The molecule has 0 aromatic heterocycles. The molecule has 0 aromatic carbocycles. The van der Waals surface area contributed by atoms with Gasteiger partial charge < -0.3 is 24.9 Å². The summed E-state index contributed by atoms with van der Waals surface area (Å²) in [6.07, 6.45) is 0.825. The molecule has 1 heterocycles. The van der Waals surface area contributed by atoms with Crippen LogP contribution < -0.4 is 0 Å². The summed E-state index contributed by atoms with van der Waals surface area (Å²) in [5.74, 6) is -0.981. The summed E-state index contributed by atoms with van der Waals surface area (Å²) in [5.41, 5.74) is 0.590. The molecule has 0 radical (unpaired) electrons. The van der Waals surface area contributed by atoms with Gasteiger partial charge in [0.2, 0.25) is 0 Å². The van der Waals surface area contributed by atoms with E-state index < -0.39 is 41.7 Å². The second-order valence-corrected chi connectivity index (χ2v) is 30.7. The van der Waals surface area contributed by atoms with Crippen LogP contribution >= 0.6 is 0 Å². The minimum Gasteiger partial charge on any atom is -0.478 e. The maximum atomic E-state index is 10.7. The van der Waals surface area contributed by atoms with Gasteiger partial charge in [-0.2, -0.15) is 0 Å². The normalized spacial score (nSPS) is 30.3. The molecule has 178 valence electrons. The van der Waals surface area contributed by atoms with Crippen LogP contribution in [0.3, 0.4) is 0 Å². The number of rotatable bonds is 8. The van der Waals surface area contributed by atoms with E-state index in [4.69, 9.17) is 9.53 Å². The fourth-order valence-electron chi connectivity index (χ4n) is 4.86. The Hall–Kier alpha value is -0.299. The predicted molar refractivity (Wildman–Crippen MR) is 132 cm³/mol. The summed E-state index contributed by atoms with van der Waals surface area (Å²) in [4.78, 5) is 9.25. The van der Waals surface area contributed by atoms with Crippen molar-refractivity contribution in [2.24, 2.45) is 0 Å². The molecule has 0 bridgehead atoms. The minimum absolute atomic E-state index is 0.0639. The maximum Gasteiger partial charge on any atom is 0.327 e. The van der Waals surface area contributed by atoms with E-state index in [1.807, 2.05) is 0 Å². The van der Waals surface area contributed by atoms with Gasteiger partial charge in [0.1, 0.15) is 6.10 Å². The largest absolute Gasteiger partial charge is 0.478 e. The number of aliphatic carboxylic acids is 1. The highest BCUT2D eigenvalue weighted by Crippen LogP contribution is 2.52. The van der Waals surface area contributed by atoms with Gasteiger partial charge in [-0.05, 0) is 37.5 Å². The molecule has 6 nitrogen and oxygen atoms in total. The Morgan fingerprint density at radius 1 is 1.27 bits per heavy atom. The van der Waals surface area contributed by atoms with E-state index in [-0.39, 0.29) is 17.7 Å². The molecule has 0 spiro atoms. The van der Waals surface area contributed by atoms with Gasteiger partial charge in [0, 0.05) is 6.08 Å². The average molecular weight is 479 g/mol. The highest BCUT2D eigenvalue weighted by Gasteiger charge is 2.60. The predicted octanol–water partition coefficient (Wildman–Crippen LogP) is 4.01. The van der Waals surface area contributed by atoms with Gasteiger partial charge in [-0.3, -0.25) is 0 Å². The van der Waals surface area contributed by atoms with Crippen molar-refractivity contribution in [3.8, 4) is 0 Å². The second kappa shape index (κ2) is 11.0. The van der Waals surface area contributed by atoms with E-state index >= 15 is 0 Å². The molecule has 1 rings (SSSR count). The van der Waals surface area contributed by atoms with E-state index in [1.165, 1.54) is 0 Å². The minimum atomic E-state index is -2.02. The number of carboxylic acids is 1. The van der Waals surface area contributed by atoms with Crippen LogP contribution in [0.4, 0.5) is 0 Å². The van der Waals surface area contributed by atoms with Crippen molar-refractivity contribution in [3.63, 3.8) is 0 Å². The number of aliphatic hydroxyl groups excluding tert-OH is 3.